The van der Waals surface area contributed by atoms with Crippen LogP contribution in [0.5, 0.6) is 5.75 Å². The molecule has 0 aliphatic carbocycles. The Morgan fingerprint density at radius 1 is 0.903 bits per heavy atom. The van der Waals surface area contributed by atoms with E-state index < -0.39 is 17.9 Å². The Morgan fingerprint density at radius 2 is 1.48 bits per heavy atom. The molecule has 0 unspecified atom stereocenters. The van der Waals surface area contributed by atoms with Crippen molar-refractivity contribution in [3.8, 4) is 5.75 Å². The molecule has 0 heterocycles. The van der Waals surface area contributed by atoms with Gasteiger partial charge in [0.25, 0.3) is 0 Å². The minimum atomic E-state index is -0.473. The lowest BCUT2D eigenvalue weighted by Crippen LogP contribution is -2.12. The average Bonchev–Trinajstić information content (AvgIpc) is 2.77. The van der Waals surface area contributed by atoms with E-state index in [9.17, 15) is 14.4 Å². The number of anilines is 1. The van der Waals surface area contributed by atoms with E-state index >= 15 is 0 Å². The van der Waals surface area contributed by atoms with Gasteiger partial charge in [0, 0.05) is 18.8 Å². The third kappa shape index (κ3) is 6.99. The number of unbranched alkanes of at least 4 members (excludes halogenated alkanes) is 1. The average molecular weight is 425 g/mol. The molecule has 0 amide bonds. The largest absolute Gasteiger partial charge is 0.463 e. The quantitative estimate of drug-likeness (QED) is 0.264. The summed E-state index contributed by atoms with van der Waals surface area (Å²) < 4.78 is 15.7. The van der Waals surface area contributed by atoms with Crippen LogP contribution in [0.25, 0.3) is 0 Å². The fourth-order valence-corrected chi connectivity index (χ4v) is 2.84. The molecule has 31 heavy (non-hydrogen) atoms. The zero-order chi connectivity index (χ0) is 22.8. The number of rotatable bonds is 10. The van der Waals surface area contributed by atoms with E-state index in [-0.39, 0.29) is 13.2 Å². The molecule has 7 nitrogen and oxygen atoms in total. The fraction of sp³-hybridized carbons (Fsp3) is 0.292. The van der Waals surface area contributed by atoms with E-state index in [1.807, 2.05) is 0 Å². The summed E-state index contributed by atoms with van der Waals surface area (Å²) in [6, 6.07) is 10.2. The normalized spacial score (nSPS) is 10.2. The standard InChI is InChI=1S/C24H27NO6/c1-5-21(26)29-12-6-7-13-30-23(27)19-14-16(2)22(17(3)15-19)31-24(28)18-8-10-20(25-4)11-9-18/h5,8-11,14-15,25H,1,6-7,12-13H2,2-4H3. The minimum Gasteiger partial charge on any atom is -0.463 e. The molecule has 0 fully saturated rings. The fourth-order valence-electron chi connectivity index (χ4n) is 2.84. The van der Waals surface area contributed by atoms with Crippen molar-refractivity contribution in [2.45, 2.75) is 26.7 Å². The smallest absolute Gasteiger partial charge is 0.343 e. The zero-order valence-electron chi connectivity index (χ0n) is 18.0. The van der Waals surface area contributed by atoms with Gasteiger partial charge in [0.2, 0.25) is 0 Å². The Hall–Kier alpha value is -3.61. The molecule has 0 aliphatic heterocycles. The summed E-state index contributed by atoms with van der Waals surface area (Å²) in [4.78, 5) is 35.7. The highest BCUT2D eigenvalue weighted by atomic mass is 16.5. The summed E-state index contributed by atoms with van der Waals surface area (Å²) in [5.74, 6) is -0.988. The molecule has 0 saturated carbocycles. The van der Waals surface area contributed by atoms with E-state index in [1.165, 1.54) is 0 Å². The summed E-state index contributed by atoms with van der Waals surface area (Å²) >= 11 is 0. The van der Waals surface area contributed by atoms with E-state index in [4.69, 9.17) is 14.2 Å². The van der Waals surface area contributed by atoms with Crippen molar-refractivity contribution < 1.29 is 28.6 Å². The number of esters is 3. The second-order valence-electron chi connectivity index (χ2n) is 6.87. The highest BCUT2D eigenvalue weighted by Gasteiger charge is 2.16. The van der Waals surface area contributed by atoms with Crippen LogP contribution in [0.2, 0.25) is 0 Å². The predicted molar refractivity (Wildman–Crippen MR) is 118 cm³/mol. The molecular formula is C24H27NO6. The number of carbonyl (C=O) groups excluding carboxylic acids is 3. The van der Waals surface area contributed by atoms with Crippen molar-refractivity contribution in [1.82, 2.24) is 0 Å². The van der Waals surface area contributed by atoms with Crippen molar-refractivity contribution in [2.24, 2.45) is 0 Å². The van der Waals surface area contributed by atoms with Gasteiger partial charge < -0.3 is 19.5 Å². The molecule has 2 aromatic rings. The van der Waals surface area contributed by atoms with Crippen molar-refractivity contribution in [3.05, 3.63) is 71.3 Å². The first kappa shape index (κ1) is 23.7. The van der Waals surface area contributed by atoms with Crippen LogP contribution in [0.1, 0.15) is 44.7 Å². The third-order valence-electron chi connectivity index (χ3n) is 4.48. The maximum absolute atomic E-state index is 12.5. The molecule has 2 aromatic carbocycles. The number of benzene rings is 2. The summed E-state index contributed by atoms with van der Waals surface area (Å²) in [7, 11) is 1.80. The molecule has 0 radical (unpaired) electrons. The molecule has 1 N–H and O–H groups in total. The van der Waals surface area contributed by atoms with Gasteiger partial charge in [-0.2, -0.15) is 0 Å². The highest BCUT2D eigenvalue weighted by Crippen LogP contribution is 2.26. The summed E-state index contributed by atoms with van der Waals surface area (Å²) in [5.41, 5.74) is 3.02. The highest BCUT2D eigenvalue weighted by molar-refractivity contribution is 5.93. The molecule has 2 rings (SSSR count). The summed E-state index contributed by atoms with van der Waals surface area (Å²) in [6.07, 6.45) is 2.25. The van der Waals surface area contributed by atoms with Crippen LogP contribution < -0.4 is 10.1 Å². The topological polar surface area (TPSA) is 90.9 Å². The Bertz CT molecular complexity index is 926. The molecule has 0 atom stereocenters. The van der Waals surface area contributed by atoms with Gasteiger partial charge >= 0.3 is 17.9 Å². The van der Waals surface area contributed by atoms with Crippen molar-refractivity contribution in [2.75, 3.05) is 25.6 Å². The van der Waals surface area contributed by atoms with Gasteiger partial charge in [0.05, 0.1) is 24.3 Å². The second kappa shape index (κ2) is 11.5. The molecule has 0 spiro atoms. The van der Waals surface area contributed by atoms with Crippen molar-refractivity contribution in [3.63, 3.8) is 0 Å². The van der Waals surface area contributed by atoms with Crippen LogP contribution in [-0.2, 0) is 14.3 Å². The Balaban J connectivity index is 1.93. The molecule has 0 bridgehead atoms. The molecule has 164 valence electrons. The van der Waals surface area contributed by atoms with E-state index in [2.05, 4.69) is 11.9 Å². The van der Waals surface area contributed by atoms with Crippen LogP contribution in [0.3, 0.4) is 0 Å². The van der Waals surface area contributed by atoms with Crippen LogP contribution in [-0.4, -0.2) is 38.2 Å². The summed E-state index contributed by atoms with van der Waals surface area (Å²) in [6.45, 7) is 7.31. The number of ether oxygens (including phenoxy) is 3. The first-order chi connectivity index (χ1) is 14.8. The number of nitrogens with one attached hydrogen (secondary N) is 1. The second-order valence-corrected chi connectivity index (χ2v) is 6.87. The maximum Gasteiger partial charge on any atom is 0.343 e. The number of aryl methyl sites for hydroxylation is 2. The SMILES string of the molecule is C=CC(=O)OCCCCOC(=O)c1cc(C)c(OC(=O)c2ccc(NC)cc2)c(C)c1. The Morgan fingerprint density at radius 3 is 2.03 bits per heavy atom. The zero-order valence-corrected chi connectivity index (χ0v) is 18.0. The molecule has 7 heteroatoms. The maximum atomic E-state index is 12.5. The Kier molecular flexibility index (Phi) is 8.81. The van der Waals surface area contributed by atoms with Crippen LogP contribution in [0, 0.1) is 13.8 Å². The molecule has 0 aliphatic rings. The van der Waals surface area contributed by atoms with E-state index in [0.29, 0.717) is 40.8 Å². The van der Waals surface area contributed by atoms with Crippen molar-refractivity contribution in [1.29, 1.82) is 0 Å². The first-order valence-corrected chi connectivity index (χ1v) is 9.93. The third-order valence-corrected chi connectivity index (χ3v) is 4.48. The lowest BCUT2D eigenvalue weighted by atomic mass is 10.1. The van der Waals surface area contributed by atoms with Crippen LogP contribution in [0.15, 0.2) is 49.1 Å². The van der Waals surface area contributed by atoms with Gasteiger partial charge in [-0.1, -0.05) is 6.58 Å². The molecular weight excluding hydrogens is 398 g/mol. The van der Waals surface area contributed by atoms with Crippen LogP contribution in [0.4, 0.5) is 5.69 Å². The van der Waals surface area contributed by atoms with Crippen molar-refractivity contribution >= 4 is 23.6 Å². The van der Waals surface area contributed by atoms with Gasteiger partial charge in [-0.3, -0.25) is 0 Å². The summed E-state index contributed by atoms with van der Waals surface area (Å²) in [5, 5.41) is 2.99. The minimum absolute atomic E-state index is 0.210. The Labute approximate surface area is 182 Å². The van der Waals surface area contributed by atoms with Crippen LogP contribution >= 0.6 is 0 Å². The molecule has 0 saturated heterocycles. The monoisotopic (exact) mass is 425 g/mol. The van der Waals surface area contributed by atoms with Gasteiger partial charge in [0.1, 0.15) is 5.75 Å². The number of carbonyl (C=O) groups is 3. The van der Waals surface area contributed by atoms with Gasteiger partial charge in [-0.15, -0.1) is 0 Å². The lowest BCUT2D eigenvalue weighted by molar-refractivity contribution is -0.137. The lowest BCUT2D eigenvalue weighted by Gasteiger charge is -2.13. The van der Waals surface area contributed by atoms with Gasteiger partial charge in [-0.05, 0) is 74.2 Å². The molecule has 0 aromatic heterocycles. The van der Waals surface area contributed by atoms with E-state index in [1.54, 1.807) is 57.3 Å². The predicted octanol–water partition coefficient (Wildman–Crippen LogP) is 4.23. The number of hydrogen-bond donors (Lipinski definition) is 1. The van der Waals surface area contributed by atoms with E-state index in [0.717, 1.165) is 11.8 Å². The first-order valence-electron chi connectivity index (χ1n) is 9.93. The van der Waals surface area contributed by atoms with Gasteiger partial charge in [0.15, 0.2) is 0 Å². The number of hydrogen-bond acceptors (Lipinski definition) is 7. The van der Waals surface area contributed by atoms with Gasteiger partial charge in [-0.25, -0.2) is 14.4 Å².